The van der Waals surface area contributed by atoms with E-state index in [9.17, 15) is 13.2 Å². The van der Waals surface area contributed by atoms with Gasteiger partial charge in [0.25, 0.3) is 0 Å². The van der Waals surface area contributed by atoms with Crippen molar-refractivity contribution in [2.75, 3.05) is 6.26 Å². The second kappa shape index (κ2) is 6.65. The van der Waals surface area contributed by atoms with Crippen molar-refractivity contribution in [3.8, 4) is 23.0 Å². The summed E-state index contributed by atoms with van der Waals surface area (Å²) >= 11 is 1.55. The van der Waals surface area contributed by atoms with Crippen molar-refractivity contribution in [1.82, 2.24) is 9.78 Å². The lowest BCUT2D eigenvalue weighted by molar-refractivity contribution is -0.141. The average molecular weight is 359 g/mol. The predicted octanol–water partition coefficient (Wildman–Crippen LogP) is 5.15. The third-order valence-corrected chi connectivity index (χ3v) is 4.37. The molecular formula is C18H12F3N3S. The Morgan fingerprint density at radius 1 is 1.04 bits per heavy atom. The summed E-state index contributed by atoms with van der Waals surface area (Å²) in [5.41, 5.74) is 0.895. The molecule has 1 aromatic heterocycles. The number of nitriles is 1. The van der Waals surface area contributed by atoms with Gasteiger partial charge < -0.3 is 0 Å². The van der Waals surface area contributed by atoms with E-state index >= 15 is 0 Å². The molecule has 0 bridgehead atoms. The molecule has 0 atom stereocenters. The molecule has 0 fully saturated rings. The van der Waals surface area contributed by atoms with Gasteiger partial charge in [0, 0.05) is 10.5 Å². The second-order valence-electron chi connectivity index (χ2n) is 5.21. The van der Waals surface area contributed by atoms with Crippen LogP contribution in [0.5, 0.6) is 0 Å². The molecule has 3 nitrogen and oxygen atoms in total. The van der Waals surface area contributed by atoms with Gasteiger partial charge in [-0.15, -0.1) is 11.8 Å². The van der Waals surface area contributed by atoms with Crippen LogP contribution in [0, 0.1) is 11.3 Å². The largest absolute Gasteiger partial charge is 0.435 e. The summed E-state index contributed by atoms with van der Waals surface area (Å²) in [6.45, 7) is 0. The van der Waals surface area contributed by atoms with Gasteiger partial charge in [-0.1, -0.05) is 12.1 Å². The molecule has 3 rings (SSSR count). The minimum atomic E-state index is -4.54. The zero-order valence-corrected chi connectivity index (χ0v) is 13.9. The zero-order chi connectivity index (χ0) is 18.0. The van der Waals surface area contributed by atoms with Crippen molar-refractivity contribution >= 4 is 11.8 Å². The van der Waals surface area contributed by atoms with E-state index in [-0.39, 0.29) is 0 Å². The summed E-state index contributed by atoms with van der Waals surface area (Å²) in [6, 6.07) is 16.5. The van der Waals surface area contributed by atoms with Crippen molar-refractivity contribution < 1.29 is 13.2 Å². The van der Waals surface area contributed by atoms with Crippen molar-refractivity contribution in [3.63, 3.8) is 0 Å². The van der Waals surface area contributed by atoms with E-state index in [0.717, 1.165) is 11.0 Å². The molecule has 3 aromatic rings. The molecule has 126 valence electrons. The quantitative estimate of drug-likeness (QED) is 0.607. The molecular weight excluding hydrogens is 347 g/mol. The Morgan fingerprint density at radius 3 is 2.20 bits per heavy atom. The summed E-state index contributed by atoms with van der Waals surface area (Å²) in [4.78, 5) is 1.02. The number of nitrogens with zero attached hydrogens (tertiary/aromatic N) is 3. The van der Waals surface area contributed by atoms with Crippen LogP contribution in [0.15, 0.2) is 59.5 Å². The monoisotopic (exact) mass is 359 g/mol. The van der Waals surface area contributed by atoms with Crippen LogP contribution in [-0.4, -0.2) is 16.0 Å². The predicted molar refractivity (Wildman–Crippen MR) is 90.5 cm³/mol. The molecule has 0 aliphatic heterocycles. The highest BCUT2D eigenvalue weighted by atomic mass is 32.2. The highest BCUT2D eigenvalue weighted by molar-refractivity contribution is 7.98. The molecule has 25 heavy (non-hydrogen) atoms. The van der Waals surface area contributed by atoms with E-state index in [2.05, 4.69) is 5.10 Å². The van der Waals surface area contributed by atoms with Gasteiger partial charge in [0.05, 0.1) is 23.0 Å². The summed E-state index contributed by atoms with van der Waals surface area (Å²) in [7, 11) is 0. The van der Waals surface area contributed by atoms with E-state index in [4.69, 9.17) is 5.26 Å². The van der Waals surface area contributed by atoms with Crippen LogP contribution < -0.4 is 0 Å². The second-order valence-corrected chi connectivity index (χ2v) is 6.09. The average Bonchev–Trinajstić information content (AvgIpc) is 3.07. The Kier molecular flexibility index (Phi) is 4.55. The number of alkyl halides is 3. The van der Waals surface area contributed by atoms with Crippen LogP contribution in [0.1, 0.15) is 11.3 Å². The Morgan fingerprint density at radius 2 is 1.68 bits per heavy atom. The van der Waals surface area contributed by atoms with Crippen molar-refractivity contribution in [2.45, 2.75) is 11.1 Å². The molecule has 0 amide bonds. The molecule has 0 saturated carbocycles. The number of aromatic nitrogens is 2. The first-order valence-electron chi connectivity index (χ1n) is 7.24. The summed E-state index contributed by atoms with van der Waals surface area (Å²) in [6.07, 6.45) is -2.61. The van der Waals surface area contributed by atoms with Crippen LogP contribution in [0.2, 0.25) is 0 Å². The standard InChI is InChI=1S/C18H12F3N3S/c1-25-15-8-4-13(5-9-15)16-10-17(18(19,20)21)23-24(16)14-6-2-12(11-22)3-7-14/h2-10H,1H3. The smallest absolute Gasteiger partial charge is 0.233 e. The lowest BCUT2D eigenvalue weighted by atomic mass is 10.1. The minimum Gasteiger partial charge on any atom is -0.233 e. The normalized spacial score (nSPS) is 11.3. The van der Waals surface area contributed by atoms with Gasteiger partial charge in [-0.3, -0.25) is 0 Å². The number of hydrogen-bond acceptors (Lipinski definition) is 3. The Hall–Kier alpha value is -2.72. The molecule has 1 heterocycles. The summed E-state index contributed by atoms with van der Waals surface area (Å²) in [5.74, 6) is 0. The van der Waals surface area contributed by atoms with E-state index in [1.807, 2.05) is 24.5 Å². The maximum atomic E-state index is 13.1. The van der Waals surface area contributed by atoms with Crippen molar-refractivity contribution in [3.05, 3.63) is 65.9 Å². The van der Waals surface area contributed by atoms with Gasteiger partial charge in [0.15, 0.2) is 5.69 Å². The van der Waals surface area contributed by atoms with Crippen LogP contribution in [0.25, 0.3) is 16.9 Å². The minimum absolute atomic E-state index is 0.338. The molecule has 0 aliphatic rings. The maximum Gasteiger partial charge on any atom is 0.435 e. The molecule has 0 unspecified atom stereocenters. The lowest BCUT2D eigenvalue weighted by Crippen LogP contribution is -2.07. The first kappa shape index (κ1) is 17.1. The van der Waals surface area contributed by atoms with Crippen LogP contribution in [0.4, 0.5) is 13.2 Å². The molecule has 0 N–H and O–H groups in total. The fraction of sp³-hybridized carbons (Fsp3) is 0.111. The molecule has 0 radical (unpaired) electrons. The van der Waals surface area contributed by atoms with Crippen LogP contribution in [-0.2, 0) is 6.18 Å². The van der Waals surface area contributed by atoms with Gasteiger partial charge in [-0.2, -0.15) is 23.5 Å². The Labute approximate surface area is 146 Å². The summed E-state index contributed by atoms with van der Waals surface area (Å²) < 4.78 is 40.6. The van der Waals surface area contributed by atoms with Gasteiger partial charge in [-0.25, -0.2) is 4.68 Å². The number of thioether (sulfide) groups is 1. The van der Waals surface area contributed by atoms with Crippen LogP contribution in [0.3, 0.4) is 0 Å². The van der Waals surface area contributed by atoms with E-state index in [0.29, 0.717) is 22.5 Å². The van der Waals surface area contributed by atoms with Gasteiger partial charge >= 0.3 is 6.18 Å². The summed E-state index contributed by atoms with van der Waals surface area (Å²) in [5, 5.41) is 12.6. The molecule has 0 aliphatic carbocycles. The molecule has 7 heteroatoms. The highest BCUT2D eigenvalue weighted by Crippen LogP contribution is 2.33. The topological polar surface area (TPSA) is 41.6 Å². The first-order valence-corrected chi connectivity index (χ1v) is 8.47. The van der Waals surface area contributed by atoms with Crippen molar-refractivity contribution in [2.24, 2.45) is 0 Å². The lowest BCUT2D eigenvalue weighted by Gasteiger charge is -2.08. The fourth-order valence-corrected chi connectivity index (χ4v) is 2.77. The number of hydrogen-bond donors (Lipinski definition) is 0. The molecule has 2 aromatic carbocycles. The van der Waals surface area contributed by atoms with E-state index < -0.39 is 11.9 Å². The van der Waals surface area contributed by atoms with E-state index in [1.54, 1.807) is 48.2 Å². The SMILES string of the molecule is CSc1ccc(-c2cc(C(F)(F)F)nn2-c2ccc(C#N)cc2)cc1. The number of rotatable bonds is 3. The number of benzene rings is 2. The van der Waals surface area contributed by atoms with Gasteiger partial charge in [0.1, 0.15) is 0 Å². The fourth-order valence-electron chi connectivity index (χ4n) is 2.36. The molecule has 0 saturated heterocycles. The first-order chi connectivity index (χ1) is 11.9. The van der Waals surface area contributed by atoms with Crippen molar-refractivity contribution in [1.29, 1.82) is 5.26 Å². The maximum absolute atomic E-state index is 13.1. The van der Waals surface area contributed by atoms with E-state index in [1.165, 1.54) is 4.68 Å². The van der Waals surface area contributed by atoms with Gasteiger partial charge in [0.2, 0.25) is 0 Å². The number of halogens is 3. The van der Waals surface area contributed by atoms with Gasteiger partial charge in [-0.05, 0) is 48.7 Å². The zero-order valence-electron chi connectivity index (χ0n) is 13.1. The Bertz CT molecular complexity index is 920. The third kappa shape index (κ3) is 3.54. The third-order valence-electron chi connectivity index (χ3n) is 3.63. The van der Waals surface area contributed by atoms with Crippen LogP contribution >= 0.6 is 11.8 Å². The molecule has 0 spiro atoms. The highest BCUT2D eigenvalue weighted by Gasteiger charge is 2.35. The Balaban J connectivity index is 2.14.